The van der Waals surface area contributed by atoms with E-state index >= 15 is 0 Å². The van der Waals surface area contributed by atoms with Crippen LogP contribution in [-0.4, -0.2) is 33.9 Å². The Kier molecular flexibility index (Phi) is 5.04. The van der Waals surface area contributed by atoms with E-state index in [2.05, 4.69) is 48.6 Å². The van der Waals surface area contributed by atoms with Crippen LogP contribution in [0.1, 0.15) is 46.2 Å². The minimum Gasteiger partial charge on any atom is -0.345 e. The zero-order valence-corrected chi connectivity index (χ0v) is 14.3. The van der Waals surface area contributed by atoms with Gasteiger partial charge in [-0.3, -0.25) is 14.6 Å². The van der Waals surface area contributed by atoms with Gasteiger partial charge in [0.25, 0.3) is 0 Å². The van der Waals surface area contributed by atoms with Gasteiger partial charge in [0.15, 0.2) is 0 Å². The van der Waals surface area contributed by atoms with Crippen molar-refractivity contribution in [3.8, 4) is 0 Å². The molecule has 6 heteroatoms. The van der Waals surface area contributed by atoms with Crippen molar-refractivity contribution >= 4 is 11.8 Å². The van der Waals surface area contributed by atoms with Crippen LogP contribution in [0.15, 0.2) is 24.4 Å². The fraction of sp³-hybridized carbons (Fsp3) is 0.588. The number of nitrogens with zero attached hydrogens (tertiary/aromatic N) is 1. The lowest BCUT2D eigenvalue weighted by molar-refractivity contribution is -0.140. The van der Waals surface area contributed by atoms with E-state index in [1.54, 1.807) is 18.3 Å². The van der Waals surface area contributed by atoms with Crippen molar-refractivity contribution < 1.29 is 9.59 Å². The second-order valence-electron chi connectivity index (χ2n) is 7.48. The maximum Gasteiger partial charge on any atom is 0.309 e. The predicted molar refractivity (Wildman–Crippen MR) is 88.5 cm³/mol. The van der Waals surface area contributed by atoms with Crippen molar-refractivity contribution in [2.45, 2.75) is 64.2 Å². The Labute approximate surface area is 137 Å². The quantitative estimate of drug-likeness (QED) is 0.730. The van der Waals surface area contributed by atoms with Crippen LogP contribution in [0.4, 0.5) is 0 Å². The van der Waals surface area contributed by atoms with Crippen LogP contribution in [0.3, 0.4) is 0 Å². The van der Waals surface area contributed by atoms with Crippen molar-refractivity contribution in [1.29, 1.82) is 0 Å². The summed E-state index contributed by atoms with van der Waals surface area (Å²) in [4.78, 5) is 28.1. The zero-order chi connectivity index (χ0) is 17.1. The molecule has 0 bridgehead atoms. The Morgan fingerprint density at radius 3 is 2.39 bits per heavy atom. The van der Waals surface area contributed by atoms with Crippen LogP contribution in [0.25, 0.3) is 0 Å². The molecule has 0 radical (unpaired) electrons. The van der Waals surface area contributed by atoms with Crippen molar-refractivity contribution in [3.63, 3.8) is 0 Å². The van der Waals surface area contributed by atoms with Gasteiger partial charge in [-0.15, -0.1) is 0 Å². The molecule has 0 aromatic carbocycles. The molecule has 1 aromatic rings. The van der Waals surface area contributed by atoms with Gasteiger partial charge in [0, 0.05) is 23.3 Å². The van der Waals surface area contributed by atoms with E-state index in [0.29, 0.717) is 0 Å². The molecule has 0 saturated carbocycles. The molecule has 0 spiro atoms. The first kappa shape index (κ1) is 17.4. The van der Waals surface area contributed by atoms with Crippen molar-refractivity contribution in [2.75, 3.05) is 0 Å². The second kappa shape index (κ2) is 6.66. The van der Waals surface area contributed by atoms with Crippen molar-refractivity contribution in [3.05, 3.63) is 30.1 Å². The van der Waals surface area contributed by atoms with Crippen LogP contribution in [0, 0.1) is 0 Å². The number of nitrogens with one attached hydrogen (secondary N) is 3. The molecule has 0 aliphatic carbocycles. The largest absolute Gasteiger partial charge is 0.345 e. The molecule has 1 aliphatic rings. The maximum absolute atomic E-state index is 12.1. The van der Waals surface area contributed by atoms with Crippen LogP contribution in [0.2, 0.25) is 0 Å². The number of carbonyl (C=O) groups is 2. The Balaban J connectivity index is 1.87. The lowest BCUT2D eigenvalue weighted by Gasteiger charge is -2.46. The molecule has 2 rings (SSSR count). The highest BCUT2D eigenvalue weighted by molar-refractivity contribution is 6.35. The molecular weight excluding hydrogens is 292 g/mol. The van der Waals surface area contributed by atoms with E-state index in [9.17, 15) is 9.59 Å². The lowest BCUT2D eigenvalue weighted by Crippen LogP contribution is -2.62. The third kappa shape index (κ3) is 5.32. The normalized spacial score (nSPS) is 19.8. The highest BCUT2D eigenvalue weighted by atomic mass is 16.2. The van der Waals surface area contributed by atoms with Crippen LogP contribution >= 0.6 is 0 Å². The number of carbonyl (C=O) groups excluding carboxylic acids is 2. The topological polar surface area (TPSA) is 83.1 Å². The number of aromatic nitrogens is 1. The average molecular weight is 318 g/mol. The van der Waals surface area contributed by atoms with Gasteiger partial charge in [-0.2, -0.15) is 0 Å². The lowest BCUT2D eigenvalue weighted by atomic mass is 9.79. The number of rotatable bonds is 3. The predicted octanol–water partition coefficient (Wildman–Crippen LogP) is 1.12. The van der Waals surface area contributed by atoms with Gasteiger partial charge in [-0.25, -0.2) is 0 Å². The van der Waals surface area contributed by atoms with E-state index < -0.39 is 11.8 Å². The van der Waals surface area contributed by atoms with Gasteiger partial charge in [-0.1, -0.05) is 6.07 Å². The molecule has 0 unspecified atom stereocenters. The van der Waals surface area contributed by atoms with E-state index in [1.165, 1.54) is 0 Å². The summed E-state index contributed by atoms with van der Waals surface area (Å²) < 4.78 is 0. The highest BCUT2D eigenvalue weighted by Gasteiger charge is 2.38. The van der Waals surface area contributed by atoms with E-state index in [1.807, 2.05) is 6.07 Å². The van der Waals surface area contributed by atoms with Gasteiger partial charge in [0.1, 0.15) is 0 Å². The summed E-state index contributed by atoms with van der Waals surface area (Å²) >= 11 is 0. The highest BCUT2D eigenvalue weighted by Crippen LogP contribution is 2.28. The number of hydrogen-bond donors (Lipinski definition) is 3. The second-order valence-corrected chi connectivity index (χ2v) is 7.48. The van der Waals surface area contributed by atoms with Gasteiger partial charge in [0.2, 0.25) is 0 Å². The molecule has 6 nitrogen and oxygen atoms in total. The number of piperidine rings is 1. The van der Waals surface area contributed by atoms with E-state index in [-0.39, 0.29) is 23.7 Å². The SMILES string of the molecule is CC1(C)CC(NC(=O)C(=O)NCc2ccccn2)CC(C)(C)N1. The minimum absolute atomic E-state index is 0.0191. The van der Waals surface area contributed by atoms with Crippen molar-refractivity contribution in [1.82, 2.24) is 20.9 Å². The van der Waals surface area contributed by atoms with E-state index in [0.717, 1.165) is 18.5 Å². The number of hydrogen-bond acceptors (Lipinski definition) is 4. The first-order chi connectivity index (χ1) is 10.7. The summed E-state index contributed by atoms with van der Waals surface area (Å²) in [5, 5.41) is 9.01. The summed E-state index contributed by atoms with van der Waals surface area (Å²) in [7, 11) is 0. The third-order valence-electron chi connectivity index (χ3n) is 3.89. The number of amides is 2. The van der Waals surface area contributed by atoms with Gasteiger partial charge in [-0.05, 0) is 52.7 Å². The molecule has 126 valence electrons. The fourth-order valence-electron chi connectivity index (χ4n) is 3.43. The van der Waals surface area contributed by atoms with Crippen LogP contribution in [-0.2, 0) is 16.1 Å². The summed E-state index contributed by atoms with van der Waals surface area (Å²) in [6.45, 7) is 8.67. The first-order valence-electron chi connectivity index (χ1n) is 7.95. The van der Waals surface area contributed by atoms with Crippen LogP contribution < -0.4 is 16.0 Å². The third-order valence-corrected chi connectivity index (χ3v) is 3.89. The molecule has 0 atom stereocenters. The van der Waals surface area contributed by atoms with Crippen molar-refractivity contribution in [2.24, 2.45) is 0 Å². The molecular formula is C17H26N4O2. The van der Waals surface area contributed by atoms with Gasteiger partial charge in [0.05, 0.1) is 12.2 Å². The Bertz CT molecular complexity index is 553. The minimum atomic E-state index is -0.621. The summed E-state index contributed by atoms with van der Waals surface area (Å²) in [6.07, 6.45) is 3.23. The van der Waals surface area contributed by atoms with Gasteiger partial charge >= 0.3 is 11.8 Å². The molecule has 1 aliphatic heterocycles. The summed E-state index contributed by atoms with van der Waals surface area (Å²) in [5.41, 5.74) is 0.562. The standard InChI is InChI=1S/C17H26N4O2/c1-16(2)9-13(10-17(3,4)21-16)20-15(23)14(22)19-11-12-7-5-6-8-18-12/h5-8,13,21H,9-11H2,1-4H3,(H,19,22)(H,20,23). The Morgan fingerprint density at radius 1 is 1.17 bits per heavy atom. The fourth-order valence-corrected chi connectivity index (χ4v) is 3.43. The molecule has 2 amide bonds. The molecule has 1 fully saturated rings. The smallest absolute Gasteiger partial charge is 0.309 e. The molecule has 3 N–H and O–H groups in total. The summed E-state index contributed by atoms with van der Waals surface area (Å²) in [5.74, 6) is -1.20. The average Bonchev–Trinajstić information content (AvgIpc) is 2.42. The monoisotopic (exact) mass is 318 g/mol. The Hall–Kier alpha value is -1.95. The van der Waals surface area contributed by atoms with E-state index in [4.69, 9.17) is 0 Å². The van der Waals surface area contributed by atoms with Crippen LogP contribution in [0.5, 0.6) is 0 Å². The van der Waals surface area contributed by atoms with Gasteiger partial charge < -0.3 is 16.0 Å². The molecule has 23 heavy (non-hydrogen) atoms. The zero-order valence-electron chi connectivity index (χ0n) is 14.3. The number of pyridine rings is 1. The first-order valence-corrected chi connectivity index (χ1v) is 7.95. The molecule has 1 saturated heterocycles. The molecule has 1 aromatic heterocycles. The maximum atomic E-state index is 12.1. The molecule has 2 heterocycles. The Morgan fingerprint density at radius 2 is 1.83 bits per heavy atom. The summed E-state index contributed by atoms with van der Waals surface area (Å²) in [6, 6.07) is 5.43.